The molecular formula is C18H26N6O. The Morgan fingerprint density at radius 3 is 2.36 bits per heavy atom. The van der Waals surface area contributed by atoms with E-state index < -0.39 is 0 Å². The quantitative estimate of drug-likeness (QED) is 0.831. The van der Waals surface area contributed by atoms with Crippen LogP contribution in [0, 0.1) is 20.8 Å². The van der Waals surface area contributed by atoms with Crippen LogP contribution in [0.1, 0.15) is 47.4 Å². The molecule has 0 amide bonds. The average molecular weight is 342 g/mol. The molecule has 0 bridgehead atoms. The van der Waals surface area contributed by atoms with Gasteiger partial charge in [-0.25, -0.2) is 19.6 Å². The highest BCUT2D eigenvalue weighted by atomic mass is 16.5. The van der Waals surface area contributed by atoms with Crippen molar-refractivity contribution in [3.05, 3.63) is 28.6 Å². The van der Waals surface area contributed by atoms with Gasteiger partial charge in [-0.15, -0.1) is 0 Å². The van der Waals surface area contributed by atoms with Gasteiger partial charge >= 0.3 is 0 Å². The van der Waals surface area contributed by atoms with E-state index in [1.165, 1.54) is 5.56 Å². The second-order valence-electron chi connectivity index (χ2n) is 7.05. The van der Waals surface area contributed by atoms with E-state index in [1.54, 1.807) is 0 Å². The molecular weight excluding hydrogens is 316 g/mol. The minimum Gasteiger partial charge on any atom is -0.381 e. The summed E-state index contributed by atoms with van der Waals surface area (Å²) in [5.74, 6) is 3.38. The van der Waals surface area contributed by atoms with Crippen molar-refractivity contribution in [2.75, 3.05) is 31.2 Å². The van der Waals surface area contributed by atoms with Gasteiger partial charge in [0.2, 0.25) is 5.95 Å². The summed E-state index contributed by atoms with van der Waals surface area (Å²) in [4.78, 5) is 16.5. The van der Waals surface area contributed by atoms with Crippen LogP contribution in [0.3, 0.4) is 0 Å². The lowest BCUT2D eigenvalue weighted by molar-refractivity contribution is 0.0835. The topological polar surface area (TPSA) is 69.0 Å². The molecule has 0 saturated carbocycles. The fraction of sp³-hybridized carbons (Fsp3) is 0.667. The van der Waals surface area contributed by atoms with Crippen LogP contribution in [0.15, 0.2) is 0 Å². The van der Waals surface area contributed by atoms with Crippen LogP contribution >= 0.6 is 0 Å². The van der Waals surface area contributed by atoms with Crippen molar-refractivity contribution in [2.24, 2.45) is 0 Å². The Labute approximate surface area is 148 Å². The molecule has 2 aliphatic rings. The van der Waals surface area contributed by atoms with E-state index in [-0.39, 0.29) is 0 Å². The lowest BCUT2D eigenvalue weighted by Crippen LogP contribution is -2.29. The molecule has 4 heterocycles. The molecule has 7 nitrogen and oxygen atoms in total. The van der Waals surface area contributed by atoms with Crippen molar-refractivity contribution in [3.8, 4) is 0 Å². The Balaban J connectivity index is 1.50. The van der Waals surface area contributed by atoms with Crippen LogP contribution in [0.25, 0.3) is 0 Å². The summed E-state index contributed by atoms with van der Waals surface area (Å²) in [5, 5.41) is 4.79. The molecule has 1 fully saturated rings. The van der Waals surface area contributed by atoms with E-state index in [1.807, 2.05) is 0 Å². The van der Waals surface area contributed by atoms with Crippen molar-refractivity contribution in [3.63, 3.8) is 0 Å². The second-order valence-corrected chi connectivity index (χ2v) is 7.05. The van der Waals surface area contributed by atoms with E-state index >= 15 is 0 Å². The van der Waals surface area contributed by atoms with Crippen LogP contribution in [0.5, 0.6) is 0 Å². The Kier molecular flexibility index (Phi) is 4.41. The Hall–Kier alpha value is -2.02. The van der Waals surface area contributed by atoms with Crippen LogP contribution in [0.2, 0.25) is 0 Å². The van der Waals surface area contributed by atoms with Crippen LogP contribution < -0.4 is 4.90 Å². The second kappa shape index (κ2) is 6.71. The summed E-state index contributed by atoms with van der Waals surface area (Å²) in [7, 11) is 0. The van der Waals surface area contributed by atoms with Crippen molar-refractivity contribution in [2.45, 2.75) is 52.5 Å². The standard InChI is InChI=1S/C18H26N6O/c1-12-13(2)19-18(20-14(12)3)23-7-4-16-21-17(22-24(16)9-8-23)15-5-10-25-11-6-15/h15H,4-11H2,1-3H3. The first-order valence-corrected chi connectivity index (χ1v) is 9.20. The van der Waals surface area contributed by atoms with Crippen molar-refractivity contribution >= 4 is 5.95 Å². The Morgan fingerprint density at radius 2 is 1.64 bits per heavy atom. The third kappa shape index (κ3) is 3.25. The number of hydrogen-bond acceptors (Lipinski definition) is 6. The van der Waals surface area contributed by atoms with Crippen LogP contribution in [0.4, 0.5) is 5.95 Å². The smallest absolute Gasteiger partial charge is 0.225 e. The first kappa shape index (κ1) is 16.4. The van der Waals surface area contributed by atoms with Gasteiger partial charge in [0.1, 0.15) is 5.82 Å². The van der Waals surface area contributed by atoms with E-state index in [9.17, 15) is 0 Å². The molecule has 0 aliphatic carbocycles. The van der Waals surface area contributed by atoms with E-state index in [2.05, 4.69) is 40.3 Å². The molecule has 0 N–H and O–H groups in total. The summed E-state index contributed by atoms with van der Waals surface area (Å²) in [6, 6.07) is 0. The minimum atomic E-state index is 0.454. The number of rotatable bonds is 2. The predicted octanol–water partition coefficient (Wildman–Crippen LogP) is 1.95. The van der Waals surface area contributed by atoms with Gasteiger partial charge in [0.15, 0.2) is 5.82 Å². The maximum atomic E-state index is 5.45. The number of hydrogen-bond donors (Lipinski definition) is 0. The van der Waals surface area contributed by atoms with Gasteiger partial charge < -0.3 is 9.64 Å². The molecule has 4 rings (SSSR count). The number of fused-ring (bicyclic) bond motifs is 1. The van der Waals surface area contributed by atoms with Crippen LogP contribution in [-0.2, 0) is 17.7 Å². The molecule has 0 spiro atoms. The number of nitrogens with zero attached hydrogens (tertiary/aromatic N) is 6. The van der Waals surface area contributed by atoms with E-state index in [0.717, 1.165) is 81.1 Å². The fourth-order valence-corrected chi connectivity index (χ4v) is 3.54. The molecule has 134 valence electrons. The first-order chi connectivity index (χ1) is 12.1. The highest BCUT2D eigenvalue weighted by Crippen LogP contribution is 2.25. The van der Waals surface area contributed by atoms with Gasteiger partial charge in [-0.3, -0.25) is 0 Å². The molecule has 0 atom stereocenters. The summed E-state index contributed by atoms with van der Waals surface area (Å²) < 4.78 is 7.53. The third-order valence-electron chi connectivity index (χ3n) is 5.44. The number of aromatic nitrogens is 5. The molecule has 2 aromatic heterocycles. The molecule has 1 saturated heterocycles. The zero-order valence-corrected chi connectivity index (χ0v) is 15.3. The number of anilines is 1. The van der Waals surface area contributed by atoms with Gasteiger partial charge in [-0.1, -0.05) is 0 Å². The summed E-state index contributed by atoms with van der Waals surface area (Å²) in [6.45, 7) is 10.4. The average Bonchev–Trinajstić information content (AvgIpc) is 2.93. The van der Waals surface area contributed by atoms with E-state index in [4.69, 9.17) is 14.8 Å². The lowest BCUT2D eigenvalue weighted by Gasteiger charge is -2.21. The Bertz CT molecular complexity index is 716. The zero-order chi connectivity index (χ0) is 17.4. The van der Waals surface area contributed by atoms with E-state index in [0.29, 0.717) is 5.92 Å². The summed E-state index contributed by atoms with van der Waals surface area (Å²) >= 11 is 0. The van der Waals surface area contributed by atoms with Gasteiger partial charge in [0.25, 0.3) is 0 Å². The number of ether oxygens (including phenoxy) is 1. The lowest BCUT2D eigenvalue weighted by atomic mass is 10.00. The van der Waals surface area contributed by atoms with Crippen LogP contribution in [-0.4, -0.2) is 51.0 Å². The van der Waals surface area contributed by atoms with Gasteiger partial charge in [-0.05, 0) is 39.2 Å². The minimum absolute atomic E-state index is 0.454. The molecule has 25 heavy (non-hydrogen) atoms. The normalized spacial score (nSPS) is 18.9. The summed E-state index contributed by atoms with van der Waals surface area (Å²) in [6.07, 6.45) is 2.95. The zero-order valence-electron chi connectivity index (χ0n) is 15.3. The molecule has 0 unspecified atom stereocenters. The first-order valence-electron chi connectivity index (χ1n) is 9.20. The maximum absolute atomic E-state index is 5.45. The van der Waals surface area contributed by atoms with Crippen molar-refractivity contribution in [1.82, 2.24) is 24.7 Å². The SMILES string of the molecule is Cc1nc(N2CCc3nc(C4CCOCC4)nn3CC2)nc(C)c1C. The van der Waals surface area contributed by atoms with Gasteiger partial charge in [0, 0.05) is 50.0 Å². The van der Waals surface area contributed by atoms with Crippen molar-refractivity contribution < 1.29 is 4.74 Å². The van der Waals surface area contributed by atoms with Gasteiger partial charge in [0.05, 0.1) is 6.54 Å². The third-order valence-corrected chi connectivity index (χ3v) is 5.44. The highest BCUT2D eigenvalue weighted by molar-refractivity contribution is 5.36. The highest BCUT2D eigenvalue weighted by Gasteiger charge is 2.24. The predicted molar refractivity (Wildman–Crippen MR) is 95.0 cm³/mol. The van der Waals surface area contributed by atoms with Crippen molar-refractivity contribution in [1.29, 1.82) is 0 Å². The molecule has 0 radical (unpaired) electrons. The molecule has 2 aliphatic heterocycles. The van der Waals surface area contributed by atoms with Gasteiger partial charge in [-0.2, -0.15) is 5.10 Å². The Morgan fingerprint density at radius 1 is 0.920 bits per heavy atom. The molecule has 0 aromatic carbocycles. The monoisotopic (exact) mass is 342 g/mol. The molecule has 2 aromatic rings. The summed E-state index contributed by atoms with van der Waals surface area (Å²) in [5.41, 5.74) is 3.29. The molecule has 7 heteroatoms. The number of aryl methyl sites for hydroxylation is 2. The largest absolute Gasteiger partial charge is 0.381 e. The maximum Gasteiger partial charge on any atom is 0.225 e. The fourth-order valence-electron chi connectivity index (χ4n) is 3.54.